The van der Waals surface area contributed by atoms with Gasteiger partial charge in [-0.05, 0) is 41.8 Å². The summed E-state index contributed by atoms with van der Waals surface area (Å²) in [6, 6.07) is 26.6. The van der Waals surface area contributed by atoms with Crippen LogP contribution in [-0.4, -0.2) is 43.8 Å². The van der Waals surface area contributed by atoms with Crippen molar-refractivity contribution in [3.05, 3.63) is 102 Å². The summed E-state index contributed by atoms with van der Waals surface area (Å²) in [5.74, 6) is 0.0674. The Hall–Kier alpha value is -3.00. The Balaban J connectivity index is 1.69. The third kappa shape index (κ3) is 7.82. The lowest BCUT2D eigenvalue weighted by atomic mass is 10.1. The average molecular weight is 466 g/mol. The molecular formula is C26H31N3O3S. The monoisotopic (exact) mass is 465 g/mol. The molecule has 7 heteroatoms. The second-order valence-electron chi connectivity index (χ2n) is 8.03. The van der Waals surface area contributed by atoms with Crippen LogP contribution >= 0.6 is 0 Å². The first-order valence-corrected chi connectivity index (χ1v) is 12.6. The highest BCUT2D eigenvalue weighted by molar-refractivity contribution is 7.89. The molecule has 3 aromatic carbocycles. The Bertz CT molecular complexity index is 1120. The highest BCUT2D eigenvalue weighted by Crippen LogP contribution is 2.12. The van der Waals surface area contributed by atoms with E-state index in [1.807, 2.05) is 53.4 Å². The van der Waals surface area contributed by atoms with E-state index in [1.165, 1.54) is 17.7 Å². The van der Waals surface area contributed by atoms with E-state index >= 15 is 0 Å². The lowest BCUT2D eigenvalue weighted by molar-refractivity contribution is -0.133. The summed E-state index contributed by atoms with van der Waals surface area (Å²) in [5.41, 5.74) is 3.20. The zero-order chi connectivity index (χ0) is 23.7. The van der Waals surface area contributed by atoms with Crippen LogP contribution in [0.2, 0.25) is 0 Å². The van der Waals surface area contributed by atoms with Gasteiger partial charge in [0.25, 0.3) is 0 Å². The van der Waals surface area contributed by atoms with Crippen LogP contribution in [0.3, 0.4) is 0 Å². The van der Waals surface area contributed by atoms with Crippen molar-refractivity contribution >= 4 is 15.9 Å². The summed E-state index contributed by atoms with van der Waals surface area (Å²) in [6.45, 7) is 4.95. The molecule has 0 bridgehead atoms. The topological polar surface area (TPSA) is 83.7 Å². The summed E-state index contributed by atoms with van der Waals surface area (Å²) >= 11 is 0. The van der Waals surface area contributed by atoms with Crippen LogP contribution in [-0.2, 0) is 34.3 Å². The number of carbonyl (C=O) groups is 1. The normalized spacial score (nSPS) is 11.5. The Morgan fingerprint density at radius 1 is 0.788 bits per heavy atom. The van der Waals surface area contributed by atoms with Crippen LogP contribution in [0, 0.1) is 0 Å². The van der Waals surface area contributed by atoms with E-state index in [1.54, 1.807) is 12.1 Å². The van der Waals surface area contributed by atoms with Crippen molar-refractivity contribution in [3.63, 3.8) is 0 Å². The number of nitrogens with two attached hydrogens (primary N) is 1. The fourth-order valence-electron chi connectivity index (χ4n) is 3.62. The standard InChI is InChI=1S/C26H31N3O3S/c1-2-28(19-23-9-5-3-6-10-23)21-26(30)29(20-24-11-7-4-8-12-24)18-17-22-13-15-25(16-14-22)33(27,31)32/h3-16H,2,17-21H2,1H3,(H2,27,31,32). The second-order valence-corrected chi connectivity index (χ2v) is 9.59. The molecule has 3 aromatic rings. The fourth-order valence-corrected chi connectivity index (χ4v) is 4.13. The van der Waals surface area contributed by atoms with Gasteiger partial charge in [-0.1, -0.05) is 79.7 Å². The van der Waals surface area contributed by atoms with Gasteiger partial charge in [-0.15, -0.1) is 0 Å². The number of nitrogens with zero attached hydrogens (tertiary/aromatic N) is 2. The van der Waals surface area contributed by atoms with Crippen LogP contribution in [0.1, 0.15) is 23.6 Å². The van der Waals surface area contributed by atoms with E-state index < -0.39 is 10.0 Å². The SMILES string of the molecule is CCN(CC(=O)N(CCc1ccc(S(N)(=O)=O)cc1)Cc1ccccc1)Cc1ccccc1. The molecule has 0 aromatic heterocycles. The molecule has 0 saturated carbocycles. The molecule has 6 nitrogen and oxygen atoms in total. The van der Waals surface area contributed by atoms with Crippen molar-refractivity contribution in [3.8, 4) is 0 Å². The minimum absolute atomic E-state index is 0.0674. The van der Waals surface area contributed by atoms with Gasteiger partial charge in [0, 0.05) is 19.6 Å². The van der Waals surface area contributed by atoms with Gasteiger partial charge < -0.3 is 4.90 Å². The van der Waals surface area contributed by atoms with Crippen LogP contribution < -0.4 is 5.14 Å². The summed E-state index contributed by atoms with van der Waals surface area (Å²) in [6.07, 6.45) is 0.619. The Kier molecular flexibility index (Phi) is 8.77. The van der Waals surface area contributed by atoms with E-state index in [2.05, 4.69) is 24.0 Å². The van der Waals surface area contributed by atoms with E-state index in [-0.39, 0.29) is 10.8 Å². The molecule has 2 N–H and O–H groups in total. The molecule has 0 spiro atoms. The Labute approximate surface area is 196 Å². The minimum Gasteiger partial charge on any atom is -0.337 e. The van der Waals surface area contributed by atoms with Crippen molar-refractivity contribution in [2.45, 2.75) is 31.3 Å². The summed E-state index contributed by atoms with van der Waals surface area (Å²) < 4.78 is 23.0. The predicted octanol–water partition coefficient (Wildman–Crippen LogP) is 3.43. The predicted molar refractivity (Wildman–Crippen MR) is 131 cm³/mol. The largest absolute Gasteiger partial charge is 0.337 e. The number of hydrogen-bond acceptors (Lipinski definition) is 4. The van der Waals surface area contributed by atoms with Crippen LogP contribution in [0.25, 0.3) is 0 Å². The molecule has 0 saturated heterocycles. The molecule has 0 heterocycles. The molecule has 3 rings (SSSR count). The number of carbonyl (C=O) groups excluding carboxylic acids is 1. The maximum atomic E-state index is 13.3. The van der Waals surface area contributed by atoms with Gasteiger partial charge >= 0.3 is 0 Å². The number of rotatable bonds is 11. The first-order chi connectivity index (χ1) is 15.8. The number of benzene rings is 3. The van der Waals surface area contributed by atoms with Crippen molar-refractivity contribution < 1.29 is 13.2 Å². The third-order valence-electron chi connectivity index (χ3n) is 5.55. The van der Waals surface area contributed by atoms with E-state index in [0.717, 1.165) is 24.2 Å². The smallest absolute Gasteiger partial charge is 0.238 e. The molecule has 0 aliphatic carbocycles. The van der Waals surface area contributed by atoms with Crippen LogP contribution in [0.15, 0.2) is 89.8 Å². The van der Waals surface area contributed by atoms with Gasteiger partial charge in [-0.3, -0.25) is 9.69 Å². The second kappa shape index (κ2) is 11.7. The van der Waals surface area contributed by atoms with Crippen molar-refractivity contribution in [1.82, 2.24) is 9.80 Å². The highest BCUT2D eigenvalue weighted by Gasteiger charge is 2.18. The van der Waals surface area contributed by atoms with E-state index in [4.69, 9.17) is 5.14 Å². The van der Waals surface area contributed by atoms with E-state index in [9.17, 15) is 13.2 Å². The number of hydrogen-bond donors (Lipinski definition) is 1. The van der Waals surface area contributed by atoms with Crippen molar-refractivity contribution in [2.75, 3.05) is 19.6 Å². The van der Waals surface area contributed by atoms with Gasteiger partial charge in [0.15, 0.2) is 0 Å². The third-order valence-corrected chi connectivity index (χ3v) is 6.48. The van der Waals surface area contributed by atoms with Crippen molar-refractivity contribution in [1.29, 1.82) is 0 Å². The van der Waals surface area contributed by atoms with Gasteiger partial charge in [0.2, 0.25) is 15.9 Å². The maximum absolute atomic E-state index is 13.3. The van der Waals surface area contributed by atoms with Gasteiger partial charge in [0.05, 0.1) is 11.4 Å². The number of sulfonamides is 1. The maximum Gasteiger partial charge on any atom is 0.238 e. The van der Waals surface area contributed by atoms with Gasteiger partial charge in [0.1, 0.15) is 0 Å². The summed E-state index contributed by atoms with van der Waals surface area (Å²) in [4.78, 5) is 17.4. The molecule has 174 valence electrons. The van der Waals surface area contributed by atoms with Crippen LogP contribution in [0.5, 0.6) is 0 Å². The van der Waals surface area contributed by atoms with Crippen molar-refractivity contribution in [2.24, 2.45) is 5.14 Å². The van der Waals surface area contributed by atoms with E-state index in [0.29, 0.717) is 26.1 Å². The lowest BCUT2D eigenvalue weighted by Crippen LogP contribution is -2.40. The number of amides is 1. The summed E-state index contributed by atoms with van der Waals surface area (Å²) in [5, 5.41) is 5.18. The molecular weight excluding hydrogens is 434 g/mol. The Morgan fingerprint density at radius 2 is 1.33 bits per heavy atom. The number of primary sulfonamides is 1. The summed E-state index contributed by atoms with van der Waals surface area (Å²) in [7, 11) is -3.72. The molecule has 0 aliphatic rings. The quantitative estimate of drug-likeness (QED) is 0.470. The fraction of sp³-hybridized carbons (Fsp3) is 0.269. The molecule has 0 aliphatic heterocycles. The van der Waals surface area contributed by atoms with Gasteiger partial charge in [-0.2, -0.15) is 0 Å². The van der Waals surface area contributed by atoms with Gasteiger partial charge in [-0.25, -0.2) is 13.6 Å². The first-order valence-electron chi connectivity index (χ1n) is 11.0. The molecule has 1 amide bonds. The van der Waals surface area contributed by atoms with Crippen LogP contribution in [0.4, 0.5) is 0 Å². The highest BCUT2D eigenvalue weighted by atomic mass is 32.2. The zero-order valence-electron chi connectivity index (χ0n) is 18.9. The molecule has 0 atom stereocenters. The zero-order valence-corrected chi connectivity index (χ0v) is 19.7. The molecule has 0 unspecified atom stereocenters. The molecule has 33 heavy (non-hydrogen) atoms. The minimum atomic E-state index is -3.72. The number of likely N-dealkylation sites (N-methyl/N-ethyl adjacent to an activating group) is 1. The first kappa shape index (κ1) is 24.6. The Morgan fingerprint density at radius 3 is 1.85 bits per heavy atom. The molecule has 0 radical (unpaired) electrons. The lowest BCUT2D eigenvalue weighted by Gasteiger charge is -2.27. The molecule has 0 fully saturated rings. The average Bonchev–Trinajstić information content (AvgIpc) is 2.82.